The Morgan fingerprint density at radius 1 is 0.267 bits per heavy atom. The van der Waals surface area contributed by atoms with E-state index < -0.39 is 97.5 Å². The average molecular weight is 1480 g/mol. The molecule has 0 aromatic heterocycles. The smallest absolute Gasteiger partial charge is 0.462 e. The molecule has 0 saturated heterocycles. The van der Waals surface area contributed by atoms with Crippen LogP contribution in [0.2, 0.25) is 0 Å². The van der Waals surface area contributed by atoms with Crippen molar-refractivity contribution in [1.29, 1.82) is 0 Å². The Morgan fingerprint density at radius 3 is 0.673 bits per heavy atom. The largest absolute Gasteiger partial charge is 0.472 e. The highest BCUT2D eigenvalue weighted by atomic mass is 31.2. The fourth-order valence-electron chi connectivity index (χ4n) is 12.8. The molecular weight excluding hydrogens is 1320 g/mol. The first-order valence-corrected chi connectivity index (χ1v) is 45.6. The third-order valence-electron chi connectivity index (χ3n) is 19.3. The van der Waals surface area contributed by atoms with Gasteiger partial charge in [-0.25, -0.2) is 9.13 Å². The van der Waals surface area contributed by atoms with Gasteiger partial charge in [0.05, 0.1) is 26.4 Å². The molecule has 0 aliphatic carbocycles. The lowest BCUT2D eigenvalue weighted by Gasteiger charge is -2.21. The lowest BCUT2D eigenvalue weighted by molar-refractivity contribution is -0.161. The second kappa shape index (κ2) is 74.9. The Hall–Kier alpha value is -1.94. The topological polar surface area (TPSA) is 237 Å². The Labute approximate surface area is 619 Å². The SMILES string of the molecule is CCCCCCCCCCCCCCCCCCCC(=O)OC[C@H](COP(=O)(O)OC[C@@H](O)COP(=O)(O)OC[C@@H](COC(=O)CCCCCCCCCCCCC)OC(=O)CCCCCCCCCCCCCCCCC)OC(=O)CCCCCCCCCCCCCCCCCC(C)C. The maximum Gasteiger partial charge on any atom is 0.472 e. The molecule has 3 N–H and O–H groups in total. The molecule has 0 aromatic rings. The zero-order valence-electron chi connectivity index (χ0n) is 66.1. The van der Waals surface area contributed by atoms with Gasteiger partial charge in [0.15, 0.2) is 12.2 Å². The Bertz CT molecular complexity index is 1930. The number of aliphatic hydroxyl groups excluding tert-OH is 1. The first-order chi connectivity index (χ1) is 49.0. The van der Waals surface area contributed by atoms with Gasteiger partial charge in [0, 0.05) is 25.7 Å². The monoisotopic (exact) mass is 1480 g/mol. The number of carbonyl (C=O) groups is 4. The van der Waals surface area contributed by atoms with Gasteiger partial charge in [-0.05, 0) is 31.6 Å². The number of hydrogen-bond donors (Lipinski definition) is 3. The van der Waals surface area contributed by atoms with Crippen molar-refractivity contribution < 1.29 is 80.2 Å². The van der Waals surface area contributed by atoms with Crippen LogP contribution in [0.25, 0.3) is 0 Å². The summed E-state index contributed by atoms with van der Waals surface area (Å²) in [6.45, 7) is 7.37. The number of unbranched alkanes of at least 4 members (excludes halogenated alkanes) is 54. The van der Waals surface area contributed by atoms with Gasteiger partial charge in [-0.15, -0.1) is 0 Å². The molecule has 19 heteroatoms. The standard InChI is InChI=1S/C82H160O17P2/c1-6-9-12-15-18-21-24-26-28-29-33-36-41-46-51-56-61-66-80(85)93-72-78(99-82(87)68-63-58-53-48-43-38-34-30-32-35-40-44-49-54-59-64-75(4)5)74-97-101(90,91)95-70-76(83)69-94-100(88,89)96-73-77(71-92-79(84)65-60-55-50-45-39-23-20-17-14-11-8-3)98-81(86)67-62-57-52-47-42-37-31-27-25-22-19-16-13-10-7-2/h75-78,83H,6-74H2,1-5H3,(H,88,89)(H,90,91)/t76-,77+,78+/m0/s1. The highest BCUT2D eigenvalue weighted by molar-refractivity contribution is 7.47. The van der Waals surface area contributed by atoms with Gasteiger partial charge in [-0.1, -0.05) is 388 Å². The predicted molar refractivity (Wildman–Crippen MR) is 414 cm³/mol. The van der Waals surface area contributed by atoms with Crippen molar-refractivity contribution in [3.63, 3.8) is 0 Å². The summed E-state index contributed by atoms with van der Waals surface area (Å²) in [6.07, 6.45) is 66.4. The molecule has 0 rings (SSSR count). The molecule has 2 unspecified atom stereocenters. The third kappa shape index (κ3) is 76.1. The van der Waals surface area contributed by atoms with E-state index in [0.717, 1.165) is 95.8 Å². The molecule has 600 valence electrons. The van der Waals surface area contributed by atoms with Crippen LogP contribution in [-0.2, 0) is 65.4 Å². The lowest BCUT2D eigenvalue weighted by Crippen LogP contribution is -2.30. The molecule has 0 amide bonds. The van der Waals surface area contributed by atoms with Gasteiger partial charge >= 0.3 is 39.5 Å². The molecule has 0 saturated carbocycles. The molecule has 0 bridgehead atoms. The number of aliphatic hydroxyl groups is 1. The normalized spacial score (nSPS) is 13.8. The van der Waals surface area contributed by atoms with Crippen molar-refractivity contribution in [1.82, 2.24) is 0 Å². The summed E-state index contributed by atoms with van der Waals surface area (Å²) < 4.78 is 68.8. The molecule has 0 aliphatic rings. The Morgan fingerprint density at radius 2 is 0.455 bits per heavy atom. The minimum atomic E-state index is -4.96. The van der Waals surface area contributed by atoms with Gasteiger partial charge < -0.3 is 33.8 Å². The number of phosphoric acid groups is 2. The number of carbonyl (C=O) groups excluding carboxylic acids is 4. The van der Waals surface area contributed by atoms with E-state index in [1.165, 1.54) is 263 Å². The van der Waals surface area contributed by atoms with Gasteiger partial charge in [-0.2, -0.15) is 0 Å². The van der Waals surface area contributed by atoms with Gasteiger partial charge in [-0.3, -0.25) is 37.3 Å². The minimum absolute atomic E-state index is 0.109. The summed E-state index contributed by atoms with van der Waals surface area (Å²) in [5, 5.41) is 10.7. The summed E-state index contributed by atoms with van der Waals surface area (Å²) in [5.41, 5.74) is 0. The first-order valence-electron chi connectivity index (χ1n) is 42.6. The zero-order chi connectivity index (χ0) is 74.1. The quantitative estimate of drug-likeness (QED) is 0.0222. The van der Waals surface area contributed by atoms with Crippen LogP contribution in [0.15, 0.2) is 0 Å². The van der Waals surface area contributed by atoms with E-state index in [1.807, 2.05) is 0 Å². The highest BCUT2D eigenvalue weighted by Gasteiger charge is 2.30. The van der Waals surface area contributed by atoms with Crippen molar-refractivity contribution in [2.24, 2.45) is 5.92 Å². The fourth-order valence-corrected chi connectivity index (χ4v) is 14.3. The van der Waals surface area contributed by atoms with Crippen molar-refractivity contribution in [3.05, 3.63) is 0 Å². The third-order valence-corrected chi connectivity index (χ3v) is 21.2. The summed E-state index contributed by atoms with van der Waals surface area (Å²) in [7, 11) is -9.92. The number of hydrogen-bond acceptors (Lipinski definition) is 15. The lowest BCUT2D eigenvalue weighted by atomic mass is 10.0. The minimum Gasteiger partial charge on any atom is -0.462 e. The fraction of sp³-hybridized carbons (Fsp3) is 0.951. The average Bonchev–Trinajstić information content (AvgIpc) is 1.05. The van der Waals surface area contributed by atoms with Crippen LogP contribution in [0.5, 0.6) is 0 Å². The maximum absolute atomic E-state index is 13.1. The van der Waals surface area contributed by atoms with Crippen LogP contribution in [0.3, 0.4) is 0 Å². The maximum atomic E-state index is 13.1. The number of phosphoric ester groups is 2. The molecule has 0 aromatic carbocycles. The van der Waals surface area contributed by atoms with E-state index in [4.69, 9.17) is 37.0 Å². The summed E-state index contributed by atoms with van der Waals surface area (Å²) in [5.74, 6) is -1.30. The molecule has 0 heterocycles. The van der Waals surface area contributed by atoms with Crippen molar-refractivity contribution in [3.8, 4) is 0 Å². The molecule has 0 spiro atoms. The summed E-state index contributed by atoms with van der Waals surface area (Å²) in [4.78, 5) is 73.1. The molecular formula is C82H160O17P2. The number of ether oxygens (including phenoxy) is 4. The number of esters is 4. The van der Waals surface area contributed by atoms with Crippen LogP contribution in [0.4, 0.5) is 0 Å². The van der Waals surface area contributed by atoms with Crippen LogP contribution in [0, 0.1) is 5.92 Å². The van der Waals surface area contributed by atoms with E-state index in [2.05, 4.69) is 34.6 Å². The highest BCUT2D eigenvalue weighted by Crippen LogP contribution is 2.45. The van der Waals surface area contributed by atoms with Gasteiger partial charge in [0.1, 0.15) is 19.3 Å². The van der Waals surface area contributed by atoms with E-state index in [1.54, 1.807) is 0 Å². The zero-order valence-corrected chi connectivity index (χ0v) is 67.8. The van der Waals surface area contributed by atoms with E-state index in [0.29, 0.717) is 25.7 Å². The first kappa shape index (κ1) is 99.1. The molecule has 0 radical (unpaired) electrons. The number of rotatable bonds is 82. The van der Waals surface area contributed by atoms with Crippen molar-refractivity contribution >= 4 is 39.5 Å². The summed E-state index contributed by atoms with van der Waals surface area (Å²) >= 11 is 0. The van der Waals surface area contributed by atoms with E-state index in [-0.39, 0.29) is 25.7 Å². The molecule has 5 atom stereocenters. The second-order valence-corrected chi connectivity index (χ2v) is 32.9. The Kier molecular flexibility index (Phi) is 73.5. The van der Waals surface area contributed by atoms with Crippen molar-refractivity contribution in [2.45, 2.75) is 457 Å². The Balaban J connectivity index is 5.25. The molecule has 101 heavy (non-hydrogen) atoms. The van der Waals surface area contributed by atoms with Gasteiger partial charge in [0.2, 0.25) is 0 Å². The van der Waals surface area contributed by atoms with E-state index in [9.17, 15) is 43.2 Å². The molecule has 17 nitrogen and oxygen atoms in total. The van der Waals surface area contributed by atoms with Crippen LogP contribution < -0.4 is 0 Å². The van der Waals surface area contributed by atoms with Crippen LogP contribution in [-0.4, -0.2) is 96.7 Å². The van der Waals surface area contributed by atoms with Crippen LogP contribution in [0.1, 0.15) is 439 Å². The van der Waals surface area contributed by atoms with Crippen molar-refractivity contribution in [2.75, 3.05) is 39.6 Å². The second-order valence-electron chi connectivity index (χ2n) is 30.0. The molecule has 0 fully saturated rings. The van der Waals surface area contributed by atoms with Crippen LogP contribution >= 0.6 is 15.6 Å². The van der Waals surface area contributed by atoms with E-state index >= 15 is 0 Å². The van der Waals surface area contributed by atoms with Gasteiger partial charge in [0.25, 0.3) is 0 Å². The summed E-state index contributed by atoms with van der Waals surface area (Å²) in [6, 6.07) is 0. The predicted octanol–water partition coefficient (Wildman–Crippen LogP) is 24.8. The molecule has 0 aliphatic heterocycles.